The lowest BCUT2D eigenvalue weighted by Crippen LogP contribution is -2.36. The number of rotatable bonds is 5. The molecular weight excluding hydrogens is 423 g/mol. The van der Waals surface area contributed by atoms with Crippen LogP contribution < -0.4 is 14.9 Å². The van der Waals surface area contributed by atoms with Crippen LogP contribution in [0, 0.1) is 0 Å². The number of nitrogens with zero attached hydrogens (tertiary/aromatic N) is 1. The SMILES string of the molecule is CNS(=O)(=O)c1ccc(C(=O)Nc2ccc(N3CCOCC3)cc2C(F)(F)F)cc1. The number of ether oxygens (including phenoxy) is 1. The molecule has 162 valence electrons. The number of carbonyl (C=O) groups is 1. The van der Waals surface area contributed by atoms with E-state index in [0.717, 1.165) is 6.07 Å². The first-order valence-corrected chi connectivity index (χ1v) is 10.5. The molecule has 0 bridgehead atoms. The Morgan fingerprint density at radius 3 is 2.27 bits per heavy atom. The van der Waals surface area contributed by atoms with Gasteiger partial charge in [-0.15, -0.1) is 0 Å². The summed E-state index contributed by atoms with van der Waals surface area (Å²) in [5.74, 6) is -0.784. The third-order valence-electron chi connectivity index (χ3n) is 4.63. The van der Waals surface area contributed by atoms with E-state index in [-0.39, 0.29) is 16.1 Å². The number of carbonyl (C=O) groups excluding carboxylic acids is 1. The number of nitrogens with one attached hydrogen (secondary N) is 2. The molecule has 0 spiro atoms. The Morgan fingerprint density at radius 1 is 1.07 bits per heavy atom. The number of alkyl halides is 3. The van der Waals surface area contributed by atoms with E-state index in [2.05, 4.69) is 10.0 Å². The molecule has 7 nitrogen and oxygen atoms in total. The maximum atomic E-state index is 13.6. The molecule has 0 radical (unpaired) electrons. The van der Waals surface area contributed by atoms with Crippen molar-refractivity contribution in [2.75, 3.05) is 43.6 Å². The van der Waals surface area contributed by atoms with Crippen molar-refractivity contribution < 1.29 is 31.1 Å². The highest BCUT2D eigenvalue weighted by Gasteiger charge is 2.35. The van der Waals surface area contributed by atoms with Gasteiger partial charge in [-0.2, -0.15) is 13.2 Å². The van der Waals surface area contributed by atoms with E-state index < -0.39 is 27.7 Å². The third kappa shape index (κ3) is 4.91. The molecule has 0 aromatic heterocycles. The summed E-state index contributed by atoms with van der Waals surface area (Å²) in [7, 11) is -2.44. The maximum absolute atomic E-state index is 13.6. The number of halogens is 3. The normalized spacial score (nSPS) is 15.1. The van der Waals surface area contributed by atoms with Crippen LogP contribution in [0.2, 0.25) is 0 Å². The second kappa shape index (κ2) is 8.62. The van der Waals surface area contributed by atoms with Crippen molar-refractivity contribution in [3.8, 4) is 0 Å². The van der Waals surface area contributed by atoms with Crippen LogP contribution in [0.1, 0.15) is 15.9 Å². The van der Waals surface area contributed by atoms with E-state index in [1.54, 1.807) is 4.90 Å². The molecule has 2 aromatic carbocycles. The van der Waals surface area contributed by atoms with Crippen molar-refractivity contribution in [2.24, 2.45) is 0 Å². The van der Waals surface area contributed by atoms with E-state index in [0.29, 0.717) is 32.0 Å². The highest BCUT2D eigenvalue weighted by Crippen LogP contribution is 2.37. The highest BCUT2D eigenvalue weighted by atomic mass is 32.2. The Labute approximate surface area is 171 Å². The molecule has 0 aliphatic carbocycles. The van der Waals surface area contributed by atoms with E-state index in [1.807, 2.05) is 0 Å². The molecular formula is C19H20F3N3O4S. The third-order valence-corrected chi connectivity index (χ3v) is 6.06. The van der Waals surface area contributed by atoms with Gasteiger partial charge in [0.05, 0.1) is 29.4 Å². The van der Waals surface area contributed by atoms with Gasteiger partial charge in [0.1, 0.15) is 0 Å². The Bertz CT molecular complexity index is 1020. The monoisotopic (exact) mass is 443 g/mol. The van der Waals surface area contributed by atoms with Gasteiger partial charge in [0, 0.05) is 24.3 Å². The van der Waals surface area contributed by atoms with Gasteiger partial charge >= 0.3 is 6.18 Å². The molecule has 3 rings (SSSR count). The fourth-order valence-electron chi connectivity index (χ4n) is 2.99. The van der Waals surface area contributed by atoms with Crippen LogP contribution in [-0.4, -0.2) is 47.7 Å². The van der Waals surface area contributed by atoms with Crippen LogP contribution >= 0.6 is 0 Å². The van der Waals surface area contributed by atoms with Gasteiger partial charge in [-0.3, -0.25) is 4.79 Å². The van der Waals surface area contributed by atoms with Crippen LogP contribution in [0.25, 0.3) is 0 Å². The van der Waals surface area contributed by atoms with E-state index in [4.69, 9.17) is 4.74 Å². The molecule has 0 atom stereocenters. The van der Waals surface area contributed by atoms with Gasteiger partial charge in [-0.25, -0.2) is 13.1 Å². The van der Waals surface area contributed by atoms with E-state index in [9.17, 15) is 26.4 Å². The molecule has 1 saturated heterocycles. The zero-order chi connectivity index (χ0) is 21.9. The predicted molar refractivity (Wildman–Crippen MR) is 105 cm³/mol. The molecule has 2 aromatic rings. The summed E-state index contributed by atoms with van der Waals surface area (Å²) in [4.78, 5) is 14.2. The summed E-state index contributed by atoms with van der Waals surface area (Å²) >= 11 is 0. The Balaban J connectivity index is 1.85. The van der Waals surface area contributed by atoms with E-state index in [1.165, 1.54) is 43.4 Å². The molecule has 0 unspecified atom stereocenters. The second-order valence-electron chi connectivity index (χ2n) is 6.51. The van der Waals surface area contributed by atoms with Crippen LogP contribution in [0.5, 0.6) is 0 Å². The summed E-state index contributed by atoms with van der Waals surface area (Å²) in [6.45, 7) is 1.81. The molecule has 1 aliphatic rings. The van der Waals surface area contributed by atoms with Crippen molar-refractivity contribution in [3.05, 3.63) is 53.6 Å². The van der Waals surface area contributed by atoms with Crippen molar-refractivity contribution >= 4 is 27.3 Å². The smallest absolute Gasteiger partial charge is 0.378 e. The summed E-state index contributed by atoms with van der Waals surface area (Å²) in [6.07, 6.45) is -4.67. The number of sulfonamides is 1. The minimum absolute atomic E-state index is 0.0235. The van der Waals surface area contributed by atoms with Gasteiger partial charge in [-0.1, -0.05) is 0 Å². The zero-order valence-corrected chi connectivity index (χ0v) is 16.8. The quantitative estimate of drug-likeness (QED) is 0.742. The largest absolute Gasteiger partial charge is 0.418 e. The summed E-state index contributed by atoms with van der Waals surface area (Å²) < 4.78 is 71.6. The lowest BCUT2D eigenvalue weighted by Gasteiger charge is -2.29. The average molecular weight is 443 g/mol. The van der Waals surface area contributed by atoms with Crippen molar-refractivity contribution in [3.63, 3.8) is 0 Å². The summed E-state index contributed by atoms with van der Waals surface area (Å²) in [6, 6.07) is 8.59. The van der Waals surface area contributed by atoms with Gasteiger partial charge < -0.3 is 15.0 Å². The molecule has 2 N–H and O–H groups in total. The molecule has 1 heterocycles. The fourth-order valence-corrected chi connectivity index (χ4v) is 3.72. The minimum Gasteiger partial charge on any atom is -0.378 e. The Hall–Kier alpha value is -2.63. The molecule has 0 saturated carbocycles. The first-order chi connectivity index (χ1) is 14.1. The number of hydrogen-bond donors (Lipinski definition) is 2. The van der Waals surface area contributed by atoms with Crippen molar-refractivity contribution in [1.29, 1.82) is 0 Å². The molecule has 1 aliphatic heterocycles. The molecule has 11 heteroatoms. The van der Waals surface area contributed by atoms with Crippen molar-refractivity contribution in [1.82, 2.24) is 4.72 Å². The van der Waals surface area contributed by atoms with Crippen molar-refractivity contribution in [2.45, 2.75) is 11.1 Å². The van der Waals surface area contributed by atoms with Crippen LogP contribution in [0.15, 0.2) is 47.4 Å². The predicted octanol–water partition coefficient (Wildman–Crippen LogP) is 2.70. The standard InChI is InChI=1S/C19H20F3N3O4S/c1-23-30(27,28)15-5-2-13(3-6-15)18(26)24-17-7-4-14(12-16(17)19(20,21)22)25-8-10-29-11-9-25/h2-7,12,23H,8-11H2,1H3,(H,24,26). The maximum Gasteiger partial charge on any atom is 0.418 e. The number of benzene rings is 2. The second-order valence-corrected chi connectivity index (χ2v) is 8.40. The Kier molecular flexibility index (Phi) is 6.34. The van der Waals surface area contributed by atoms with Crippen LogP contribution in [0.3, 0.4) is 0 Å². The van der Waals surface area contributed by atoms with Gasteiger partial charge in [0.15, 0.2) is 0 Å². The first-order valence-electron chi connectivity index (χ1n) is 9.01. The topological polar surface area (TPSA) is 87.7 Å². The minimum atomic E-state index is -4.67. The lowest BCUT2D eigenvalue weighted by molar-refractivity contribution is -0.136. The zero-order valence-electron chi connectivity index (χ0n) is 16.0. The Morgan fingerprint density at radius 2 is 1.70 bits per heavy atom. The molecule has 1 amide bonds. The van der Waals surface area contributed by atoms with Crippen LogP contribution in [-0.2, 0) is 20.9 Å². The van der Waals surface area contributed by atoms with Gasteiger partial charge in [0.25, 0.3) is 5.91 Å². The number of morpholine rings is 1. The molecule has 1 fully saturated rings. The molecule has 30 heavy (non-hydrogen) atoms. The highest BCUT2D eigenvalue weighted by molar-refractivity contribution is 7.89. The van der Waals surface area contributed by atoms with Gasteiger partial charge in [0.2, 0.25) is 10.0 Å². The number of anilines is 2. The first kappa shape index (κ1) is 22.1. The average Bonchev–Trinajstić information content (AvgIpc) is 2.74. The van der Waals surface area contributed by atoms with E-state index >= 15 is 0 Å². The summed E-state index contributed by atoms with van der Waals surface area (Å²) in [5.41, 5.74) is -0.925. The summed E-state index contributed by atoms with van der Waals surface area (Å²) in [5, 5.41) is 2.27. The lowest BCUT2D eigenvalue weighted by atomic mass is 10.1. The number of hydrogen-bond acceptors (Lipinski definition) is 5. The van der Waals surface area contributed by atoms with Gasteiger partial charge in [-0.05, 0) is 49.5 Å². The number of amides is 1. The fraction of sp³-hybridized carbons (Fsp3) is 0.316. The van der Waals surface area contributed by atoms with Crippen LogP contribution in [0.4, 0.5) is 24.5 Å².